The maximum Gasteiger partial charge on any atom is 0.192 e. The fraction of sp³-hybridized carbons (Fsp3) is 0.879. The Labute approximate surface area is 238 Å². The molecule has 3 nitrogen and oxygen atoms in total. The molecule has 5 heteroatoms. The van der Waals surface area contributed by atoms with Crippen LogP contribution in [0.25, 0.3) is 0 Å². The number of allylic oxidation sites excluding steroid dienone is 3. The van der Waals surface area contributed by atoms with E-state index in [0.29, 0.717) is 29.8 Å². The minimum absolute atomic E-state index is 0.212. The Balaban J connectivity index is 1.86. The fourth-order valence-corrected chi connectivity index (χ4v) is 9.93. The number of hydrogen-bond donors (Lipinski definition) is 1. The van der Waals surface area contributed by atoms with Gasteiger partial charge in [0.2, 0.25) is 0 Å². The second-order valence-electron chi connectivity index (χ2n) is 16.5. The number of rotatable bonds is 7. The second kappa shape index (κ2) is 11.6. The van der Waals surface area contributed by atoms with Gasteiger partial charge in [0.05, 0.1) is 12.2 Å². The van der Waals surface area contributed by atoms with Crippen molar-refractivity contribution in [1.82, 2.24) is 0 Å². The van der Waals surface area contributed by atoms with Gasteiger partial charge in [0.1, 0.15) is 0 Å². The lowest BCUT2D eigenvalue weighted by molar-refractivity contribution is 0.0688. The Hall–Kier alpha value is -0.206. The Morgan fingerprint density at radius 3 is 1.92 bits per heavy atom. The van der Waals surface area contributed by atoms with Gasteiger partial charge in [0, 0.05) is 6.61 Å². The molecule has 3 aliphatic carbocycles. The molecule has 0 aromatic rings. The van der Waals surface area contributed by atoms with E-state index in [-0.39, 0.29) is 22.3 Å². The molecule has 3 saturated carbocycles. The Bertz CT molecular complexity index is 838. The van der Waals surface area contributed by atoms with Gasteiger partial charge < -0.3 is 14.0 Å². The maximum absolute atomic E-state index is 9.91. The van der Waals surface area contributed by atoms with Gasteiger partial charge in [-0.1, -0.05) is 78.7 Å². The molecule has 0 heterocycles. The van der Waals surface area contributed by atoms with Crippen LogP contribution in [0, 0.1) is 23.2 Å². The van der Waals surface area contributed by atoms with Crippen molar-refractivity contribution in [2.75, 3.05) is 6.61 Å². The van der Waals surface area contributed by atoms with Crippen molar-refractivity contribution in [2.24, 2.45) is 23.2 Å². The highest BCUT2D eigenvalue weighted by atomic mass is 28.4. The molecular weight excluding hydrogens is 501 g/mol. The van der Waals surface area contributed by atoms with E-state index in [1.807, 2.05) is 0 Å². The van der Waals surface area contributed by atoms with Gasteiger partial charge in [0.15, 0.2) is 16.6 Å². The van der Waals surface area contributed by atoms with Crippen molar-refractivity contribution in [3.8, 4) is 0 Å². The van der Waals surface area contributed by atoms with Crippen molar-refractivity contribution in [3.63, 3.8) is 0 Å². The zero-order valence-electron chi connectivity index (χ0n) is 27.2. The lowest BCUT2D eigenvalue weighted by Gasteiger charge is -2.45. The molecule has 0 aromatic heterocycles. The molecule has 3 aliphatic rings. The van der Waals surface area contributed by atoms with Crippen molar-refractivity contribution in [1.29, 1.82) is 0 Å². The fourth-order valence-electron chi connectivity index (χ4n) is 7.20. The van der Waals surface area contributed by atoms with E-state index in [2.05, 4.69) is 93.7 Å². The lowest BCUT2D eigenvalue weighted by atomic mass is 9.61. The summed E-state index contributed by atoms with van der Waals surface area (Å²) in [5.41, 5.74) is 3.52. The highest BCUT2D eigenvalue weighted by Gasteiger charge is 2.50. The van der Waals surface area contributed by atoms with E-state index in [1.165, 1.54) is 37.7 Å². The molecule has 0 unspecified atom stereocenters. The van der Waals surface area contributed by atoms with Gasteiger partial charge in [-0.3, -0.25) is 0 Å². The molecule has 0 saturated heterocycles. The van der Waals surface area contributed by atoms with Gasteiger partial charge >= 0.3 is 0 Å². The summed E-state index contributed by atoms with van der Waals surface area (Å²) >= 11 is 0. The molecule has 0 spiro atoms. The van der Waals surface area contributed by atoms with Gasteiger partial charge in [-0.25, -0.2) is 0 Å². The Kier molecular flexibility index (Phi) is 9.85. The van der Waals surface area contributed by atoms with Gasteiger partial charge in [-0.15, -0.1) is 0 Å². The van der Waals surface area contributed by atoms with E-state index < -0.39 is 16.6 Å². The predicted octanol–water partition coefficient (Wildman–Crippen LogP) is 9.65. The topological polar surface area (TPSA) is 38.7 Å². The summed E-state index contributed by atoms with van der Waals surface area (Å²) in [5.74, 6) is 1.73. The smallest absolute Gasteiger partial charge is 0.192 e. The summed E-state index contributed by atoms with van der Waals surface area (Å²) in [4.78, 5) is 0. The number of aliphatic hydroxyl groups excluding tert-OH is 1. The highest BCUT2D eigenvalue weighted by molar-refractivity contribution is 6.74. The predicted molar refractivity (Wildman–Crippen MR) is 169 cm³/mol. The Morgan fingerprint density at radius 1 is 0.921 bits per heavy atom. The molecule has 0 radical (unpaired) electrons. The van der Waals surface area contributed by atoms with E-state index in [4.69, 9.17) is 8.85 Å². The van der Waals surface area contributed by atoms with Crippen molar-refractivity contribution in [2.45, 2.75) is 155 Å². The highest BCUT2D eigenvalue weighted by Crippen LogP contribution is 2.59. The quantitative estimate of drug-likeness (QED) is 0.314. The molecule has 38 heavy (non-hydrogen) atoms. The van der Waals surface area contributed by atoms with Crippen LogP contribution in [0.1, 0.15) is 107 Å². The van der Waals surface area contributed by atoms with Crippen LogP contribution in [-0.4, -0.2) is 40.6 Å². The number of fused-ring (bicyclic) bond motifs is 1. The number of hydrogen-bond acceptors (Lipinski definition) is 3. The zero-order valence-corrected chi connectivity index (χ0v) is 29.2. The summed E-state index contributed by atoms with van der Waals surface area (Å²) in [6.45, 7) is 28.7. The van der Waals surface area contributed by atoms with Crippen LogP contribution in [0.5, 0.6) is 0 Å². The van der Waals surface area contributed by atoms with Crippen LogP contribution in [-0.2, 0) is 8.85 Å². The van der Waals surface area contributed by atoms with Gasteiger partial charge in [-0.2, -0.15) is 0 Å². The second-order valence-corrected chi connectivity index (χ2v) is 26.0. The summed E-state index contributed by atoms with van der Waals surface area (Å²) in [6, 6.07) is 0. The Morgan fingerprint density at radius 2 is 1.45 bits per heavy atom. The minimum Gasteiger partial charge on any atom is -0.414 e. The molecular formula is C33H62O3Si2. The summed E-state index contributed by atoms with van der Waals surface area (Å²) in [7, 11) is -3.72. The van der Waals surface area contributed by atoms with E-state index in [9.17, 15) is 5.11 Å². The van der Waals surface area contributed by atoms with Crippen LogP contribution in [0.15, 0.2) is 23.3 Å². The van der Waals surface area contributed by atoms with Crippen LogP contribution in [0.2, 0.25) is 36.3 Å². The molecule has 0 aliphatic heterocycles. The molecule has 3 fully saturated rings. The first-order valence-corrected chi connectivity index (χ1v) is 21.5. The van der Waals surface area contributed by atoms with Gasteiger partial charge in [-0.05, 0) is 111 Å². The molecule has 0 aromatic carbocycles. The normalized spacial score (nSPS) is 33.4. The summed E-state index contributed by atoms with van der Waals surface area (Å²) in [5, 5.41) is 10.3. The van der Waals surface area contributed by atoms with Crippen molar-refractivity contribution < 1.29 is 14.0 Å². The SMILES string of the molecule is C[C@H](CO)[C@H]1CC[C@H]2C(=CC=C3C[C@@H](O[Si](C)(C)C(C)(C)C)C[C@H](O[Si](C)(C)C(C)(C)C)C3)CCC[C@]12C. The van der Waals surface area contributed by atoms with Crippen molar-refractivity contribution >= 4 is 16.6 Å². The van der Waals surface area contributed by atoms with E-state index in [0.717, 1.165) is 19.3 Å². The van der Waals surface area contributed by atoms with Crippen LogP contribution >= 0.6 is 0 Å². The molecule has 6 atom stereocenters. The monoisotopic (exact) mass is 562 g/mol. The van der Waals surface area contributed by atoms with Crippen molar-refractivity contribution in [3.05, 3.63) is 23.3 Å². The lowest BCUT2D eigenvalue weighted by Crippen LogP contribution is -2.48. The molecule has 0 amide bonds. The molecule has 1 N–H and O–H groups in total. The van der Waals surface area contributed by atoms with E-state index >= 15 is 0 Å². The zero-order chi connectivity index (χ0) is 28.7. The first-order valence-electron chi connectivity index (χ1n) is 15.7. The third kappa shape index (κ3) is 6.98. The standard InChI is InChI=1S/C33H62O3Si2/c1-24(23-34)29-17-18-30-26(14-13-19-33(29,30)8)16-15-25-20-27(35-37(9,10)31(2,3)4)22-28(21-25)36-38(11,12)32(5,6)7/h15-16,24,27-30,34H,13-14,17-23H2,1-12H3/t24-,27-,28-,29-,30+,33-/m1/s1. The van der Waals surface area contributed by atoms with Crippen LogP contribution in [0.4, 0.5) is 0 Å². The minimum atomic E-state index is -1.86. The van der Waals surface area contributed by atoms with E-state index in [1.54, 1.807) is 5.57 Å². The third-order valence-electron chi connectivity index (χ3n) is 11.6. The van der Waals surface area contributed by atoms with Crippen LogP contribution < -0.4 is 0 Å². The number of aliphatic hydroxyl groups is 1. The summed E-state index contributed by atoms with van der Waals surface area (Å²) < 4.78 is 14.0. The largest absolute Gasteiger partial charge is 0.414 e. The third-order valence-corrected chi connectivity index (χ3v) is 20.7. The van der Waals surface area contributed by atoms with Crippen LogP contribution in [0.3, 0.4) is 0 Å². The maximum atomic E-state index is 9.91. The molecule has 3 rings (SSSR count). The molecule has 220 valence electrons. The average Bonchev–Trinajstić information content (AvgIpc) is 3.12. The van der Waals surface area contributed by atoms with Gasteiger partial charge in [0.25, 0.3) is 0 Å². The first-order chi connectivity index (χ1) is 17.3. The summed E-state index contributed by atoms with van der Waals surface area (Å²) in [6.07, 6.45) is 15.0. The average molecular weight is 563 g/mol. The molecule has 0 bridgehead atoms. The first kappa shape index (κ1) is 32.3.